The van der Waals surface area contributed by atoms with Gasteiger partial charge in [0.25, 0.3) is 0 Å². The minimum atomic E-state index is -0.250. The molecular formula is C15H17N5O2S. The summed E-state index contributed by atoms with van der Waals surface area (Å²) in [7, 11) is 0. The zero-order valence-corrected chi connectivity index (χ0v) is 13.7. The Hall–Kier alpha value is -2.35. The van der Waals surface area contributed by atoms with Gasteiger partial charge in [0.05, 0.1) is 11.7 Å². The second kappa shape index (κ2) is 6.82. The molecule has 2 aromatic rings. The van der Waals surface area contributed by atoms with E-state index >= 15 is 0 Å². The monoisotopic (exact) mass is 331 g/mol. The maximum absolute atomic E-state index is 11.9. The molecule has 0 radical (unpaired) electrons. The third-order valence-electron chi connectivity index (χ3n) is 3.34. The minimum Gasteiger partial charge on any atom is -0.493 e. The topological polar surface area (TPSA) is 92.3 Å². The number of aromatic amines is 1. The van der Waals surface area contributed by atoms with Crippen LogP contribution in [0.2, 0.25) is 0 Å². The standard InChI is InChI=1S/C15H17N5O2S/c1-9-17-15(20-19-9)18-13(21)8-16-14(23-2)11-3-4-12-10(7-11)5-6-22-12/h3-4,7H,5-6,8H2,1-2H3,(H2,17,18,19,20,21). The molecule has 2 heterocycles. The number of H-pyrrole nitrogens is 1. The maximum Gasteiger partial charge on any atom is 0.248 e. The first-order valence-electron chi connectivity index (χ1n) is 7.19. The molecule has 0 fully saturated rings. The van der Waals surface area contributed by atoms with Gasteiger partial charge in [-0.15, -0.1) is 16.9 Å². The number of aryl methyl sites for hydroxylation is 1. The van der Waals surface area contributed by atoms with Gasteiger partial charge in [0.1, 0.15) is 18.1 Å². The Morgan fingerprint density at radius 2 is 2.39 bits per heavy atom. The van der Waals surface area contributed by atoms with Crippen molar-refractivity contribution in [1.29, 1.82) is 0 Å². The fraction of sp³-hybridized carbons (Fsp3) is 0.333. The first-order chi connectivity index (χ1) is 11.2. The van der Waals surface area contributed by atoms with Crippen molar-refractivity contribution >= 4 is 28.7 Å². The van der Waals surface area contributed by atoms with Crippen molar-refractivity contribution in [1.82, 2.24) is 15.2 Å². The lowest BCUT2D eigenvalue weighted by Gasteiger charge is -2.06. The molecule has 1 aromatic carbocycles. The first-order valence-corrected chi connectivity index (χ1v) is 8.41. The number of fused-ring (bicyclic) bond motifs is 1. The second-order valence-electron chi connectivity index (χ2n) is 5.04. The number of aliphatic imine (C=N–C) groups is 1. The number of ether oxygens (including phenoxy) is 1. The van der Waals surface area contributed by atoms with Gasteiger partial charge in [-0.2, -0.15) is 4.98 Å². The van der Waals surface area contributed by atoms with E-state index in [1.807, 2.05) is 18.4 Å². The summed E-state index contributed by atoms with van der Waals surface area (Å²) in [6.07, 6.45) is 2.86. The van der Waals surface area contributed by atoms with Gasteiger partial charge in [0.15, 0.2) is 0 Å². The molecule has 0 saturated heterocycles. The van der Waals surface area contributed by atoms with E-state index < -0.39 is 0 Å². The van der Waals surface area contributed by atoms with Crippen LogP contribution in [-0.4, -0.2) is 45.5 Å². The normalized spacial score (nSPS) is 13.6. The quantitative estimate of drug-likeness (QED) is 0.658. The van der Waals surface area contributed by atoms with Gasteiger partial charge < -0.3 is 4.74 Å². The highest BCUT2D eigenvalue weighted by atomic mass is 32.2. The number of hydrogen-bond acceptors (Lipinski definition) is 6. The first kappa shape index (κ1) is 15.5. The number of thioether (sulfide) groups is 1. The summed E-state index contributed by atoms with van der Waals surface area (Å²) >= 11 is 1.51. The van der Waals surface area contributed by atoms with E-state index in [2.05, 4.69) is 31.6 Å². The Morgan fingerprint density at radius 3 is 3.13 bits per heavy atom. The Kier molecular flexibility index (Phi) is 4.61. The van der Waals surface area contributed by atoms with E-state index in [1.165, 1.54) is 17.3 Å². The van der Waals surface area contributed by atoms with Crippen molar-refractivity contribution in [2.75, 3.05) is 24.7 Å². The summed E-state index contributed by atoms with van der Waals surface area (Å²) in [6.45, 7) is 2.52. The predicted molar refractivity (Wildman–Crippen MR) is 90.3 cm³/mol. The Morgan fingerprint density at radius 1 is 1.52 bits per heavy atom. The highest BCUT2D eigenvalue weighted by molar-refractivity contribution is 8.13. The van der Waals surface area contributed by atoms with Crippen LogP contribution >= 0.6 is 11.8 Å². The summed E-state index contributed by atoms with van der Waals surface area (Å²) in [6, 6.07) is 6.00. The zero-order valence-electron chi connectivity index (χ0n) is 12.9. The van der Waals surface area contributed by atoms with E-state index in [0.717, 1.165) is 29.4 Å². The number of carbonyl (C=O) groups is 1. The second-order valence-corrected chi connectivity index (χ2v) is 5.83. The molecule has 120 valence electrons. The van der Waals surface area contributed by atoms with E-state index in [1.54, 1.807) is 6.92 Å². The number of amides is 1. The molecule has 1 aliphatic rings. The third-order valence-corrected chi connectivity index (χ3v) is 4.10. The van der Waals surface area contributed by atoms with Crippen molar-refractivity contribution in [2.45, 2.75) is 13.3 Å². The number of benzene rings is 1. The van der Waals surface area contributed by atoms with Crippen molar-refractivity contribution in [3.05, 3.63) is 35.2 Å². The van der Waals surface area contributed by atoms with Gasteiger partial charge in [-0.1, -0.05) is 0 Å². The van der Waals surface area contributed by atoms with Gasteiger partial charge in [-0.3, -0.25) is 20.2 Å². The van der Waals surface area contributed by atoms with Crippen LogP contribution in [0, 0.1) is 6.92 Å². The molecule has 1 aliphatic heterocycles. The molecule has 3 rings (SSSR count). The Balaban J connectivity index is 1.68. The highest BCUT2D eigenvalue weighted by Gasteiger charge is 2.14. The largest absolute Gasteiger partial charge is 0.493 e. The lowest BCUT2D eigenvalue weighted by atomic mass is 10.1. The molecule has 23 heavy (non-hydrogen) atoms. The summed E-state index contributed by atoms with van der Waals surface area (Å²) in [5.74, 6) is 1.60. The number of nitrogens with one attached hydrogen (secondary N) is 2. The van der Waals surface area contributed by atoms with Gasteiger partial charge in [-0.05, 0) is 36.9 Å². The molecule has 0 atom stereocenters. The van der Waals surface area contributed by atoms with Crippen molar-refractivity contribution in [3.8, 4) is 5.75 Å². The highest BCUT2D eigenvalue weighted by Crippen LogP contribution is 2.27. The molecule has 0 aliphatic carbocycles. The number of aromatic nitrogens is 3. The number of rotatable bonds is 4. The Bertz CT molecular complexity index is 756. The molecule has 1 amide bonds. The van der Waals surface area contributed by atoms with Crippen LogP contribution in [0.25, 0.3) is 0 Å². The molecule has 0 saturated carbocycles. The minimum absolute atomic E-state index is 0.0251. The van der Waals surface area contributed by atoms with Crippen molar-refractivity contribution in [3.63, 3.8) is 0 Å². The fourth-order valence-corrected chi connectivity index (χ4v) is 2.86. The van der Waals surface area contributed by atoms with E-state index in [4.69, 9.17) is 4.74 Å². The Labute approximate surface area is 137 Å². The molecule has 2 N–H and O–H groups in total. The van der Waals surface area contributed by atoms with E-state index in [9.17, 15) is 4.79 Å². The summed E-state index contributed by atoms with van der Waals surface area (Å²) in [5.41, 5.74) is 2.19. The lowest BCUT2D eigenvalue weighted by Crippen LogP contribution is -2.16. The number of nitrogens with zero attached hydrogens (tertiary/aromatic N) is 3. The van der Waals surface area contributed by atoms with Crippen LogP contribution in [0.3, 0.4) is 0 Å². The van der Waals surface area contributed by atoms with Gasteiger partial charge in [-0.25, -0.2) is 0 Å². The molecular weight excluding hydrogens is 314 g/mol. The fourth-order valence-electron chi connectivity index (χ4n) is 2.30. The molecule has 0 bridgehead atoms. The van der Waals surface area contributed by atoms with Gasteiger partial charge in [0, 0.05) is 12.0 Å². The van der Waals surface area contributed by atoms with Crippen molar-refractivity contribution < 1.29 is 9.53 Å². The SMILES string of the molecule is CSC(=NCC(=O)Nc1n[nH]c(C)n1)c1ccc2c(c1)CCO2. The van der Waals surface area contributed by atoms with Gasteiger partial charge >= 0.3 is 0 Å². The van der Waals surface area contributed by atoms with Crippen LogP contribution in [0.4, 0.5) is 5.95 Å². The number of anilines is 1. The third kappa shape index (κ3) is 3.70. The summed E-state index contributed by atoms with van der Waals surface area (Å²) in [5, 5.41) is 9.96. The number of carbonyl (C=O) groups excluding carboxylic acids is 1. The molecule has 7 nitrogen and oxygen atoms in total. The van der Waals surface area contributed by atoms with Gasteiger partial charge in [0.2, 0.25) is 11.9 Å². The smallest absolute Gasteiger partial charge is 0.248 e. The molecule has 1 aromatic heterocycles. The lowest BCUT2D eigenvalue weighted by molar-refractivity contribution is -0.114. The molecule has 8 heteroatoms. The summed E-state index contributed by atoms with van der Waals surface area (Å²) in [4.78, 5) is 20.4. The van der Waals surface area contributed by atoms with E-state index in [-0.39, 0.29) is 18.4 Å². The molecule has 0 spiro atoms. The van der Waals surface area contributed by atoms with Crippen LogP contribution in [0.1, 0.15) is 17.0 Å². The zero-order chi connectivity index (χ0) is 16.2. The number of hydrogen-bond donors (Lipinski definition) is 2. The average Bonchev–Trinajstić information content (AvgIpc) is 3.16. The maximum atomic E-state index is 11.9. The van der Waals surface area contributed by atoms with E-state index in [0.29, 0.717) is 5.82 Å². The van der Waals surface area contributed by atoms with Crippen LogP contribution < -0.4 is 10.1 Å². The van der Waals surface area contributed by atoms with Crippen molar-refractivity contribution in [2.24, 2.45) is 4.99 Å². The predicted octanol–water partition coefficient (Wildman–Crippen LogP) is 1.80. The average molecular weight is 331 g/mol. The van der Waals surface area contributed by atoms with Crippen LogP contribution in [0.15, 0.2) is 23.2 Å². The molecule has 0 unspecified atom stereocenters. The van der Waals surface area contributed by atoms with Crippen LogP contribution in [0.5, 0.6) is 5.75 Å². The summed E-state index contributed by atoms with van der Waals surface area (Å²) < 4.78 is 5.51. The van der Waals surface area contributed by atoms with Crippen LogP contribution in [-0.2, 0) is 11.2 Å².